The molecule has 1 aromatic carbocycles. The molecule has 0 radical (unpaired) electrons. The molecule has 1 aliphatic heterocycles. The van der Waals surface area contributed by atoms with Gasteiger partial charge in [-0.2, -0.15) is 0 Å². The maximum Gasteiger partial charge on any atom is 0.317 e. The number of piperazine rings is 1. The molecule has 3 amide bonds. The number of methoxy groups -OCH3 is 1. The first-order valence-corrected chi connectivity index (χ1v) is 10.1. The third-order valence-electron chi connectivity index (χ3n) is 5.68. The highest BCUT2D eigenvalue weighted by Crippen LogP contribution is 2.25. The number of urea groups is 1. The zero-order valence-corrected chi connectivity index (χ0v) is 16.3. The van der Waals surface area contributed by atoms with E-state index >= 15 is 0 Å². The van der Waals surface area contributed by atoms with Crippen LogP contribution in [0.4, 0.5) is 4.79 Å². The smallest absolute Gasteiger partial charge is 0.317 e. The molecule has 2 fully saturated rings. The van der Waals surface area contributed by atoms with E-state index in [0.717, 1.165) is 24.0 Å². The Hall–Kier alpha value is -2.08. The molecule has 0 unspecified atom stereocenters. The van der Waals surface area contributed by atoms with Crippen molar-refractivity contribution in [2.75, 3.05) is 33.3 Å². The van der Waals surface area contributed by atoms with Crippen molar-refractivity contribution in [3.63, 3.8) is 0 Å². The van der Waals surface area contributed by atoms with Crippen molar-refractivity contribution in [2.24, 2.45) is 5.92 Å². The number of nitrogens with one attached hydrogen (secondary N) is 1. The molecular weight excluding hydrogens is 342 g/mol. The fraction of sp³-hybridized carbons (Fsp3) is 0.619. The Bertz CT molecular complexity index is 635. The van der Waals surface area contributed by atoms with Crippen molar-refractivity contribution in [2.45, 2.75) is 45.3 Å². The number of benzene rings is 1. The van der Waals surface area contributed by atoms with Crippen molar-refractivity contribution in [1.29, 1.82) is 0 Å². The Kier molecular flexibility index (Phi) is 7.10. The number of carbonyl (C=O) groups is 2. The lowest BCUT2D eigenvalue weighted by Crippen LogP contribution is -2.54. The minimum absolute atomic E-state index is 0.0630. The van der Waals surface area contributed by atoms with Gasteiger partial charge in [0, 0.05) is 45.8 Å². The highest BCUT2D eigenvalue weighted by molar-refractivity contribution is 5.79. The molecule has 0 atom stereocenters. The summed E-state index contributed by atoms with van der Waals surface area (Å²) in [6.45, 7) is 3.51. The largest absolute Gasteiger partial charge is 0.380 e. The molecule has 6 heteroatoms. The average Bonchev–Trinajstić information content (AvgIpc) is 2.73. The molecule has 1 N–H and O–H groups in total. The van der Waals surface area contributed by atoms with Gasteiger partial charge in [-0.1, -0.05) is 43.5 Å². The van der Waals surface area contributed by atoms with E-state index < -0.39 is 0 Å². The van der Waals surface area contributed by atoms with Crippen LogP contribution in [0.3, 0.4) is 0 Å². The highest BCUT2D eigenvalue weighted by atomic mass is 16.5. The second-order valence-electron chi connectivity index (χ2n) is 7.51. The summed E-state index contributed by atoms with van der Waals surface area (Å²) in [4.78, 5) is 28.9. The predicted octanol–water partition coefficient (Wildman–Crippen LogP) is 2.77. The average molecular weight is 373 g/mol. The molecule has 0 spiro atoms. The first-order chi connectivity index (χ1) is 13.2. The molecule has 148 valence electrons. The molecule has 1 aliphatic carbocycles. The topological polar surface area (TPSA) is 61.9 Å². The summed E-state index contributed by atoms with van der Waals surface area (Å²) < 4.78 is 5.22. The molecular formula is C21H31N3O3. The normalized spacial score (nSPS) is 18.4. The third kappa shape index (κ3) is 5.22. The van der Waals surface area contributed by atoms with E-state index in [2.05, 4.69) is 5.32 Å². The molecule has 1 saturated heterocycles. The molecule has 0 aromatic heterocycles. The summed E-state index contributed by atoms with van der Waals surface area (Å²) in [7, 11) is 1.67. The molecule has 0 bridgehead atoms. The number of carbonyl (C=O) groups excluding carboxylic acids is 2. The van der Waals surface area contributed by atoms with E-state index in [4.69, 9.17) is 4.74 Å². The van der Waals surface area contributed by atoms with Crippen LogP contribution in [-0.2, 0) is 22.7 Å². The second kappa shape index (κ2) is 9.74. The Morgan fingerprint density at radius 1 is 1.00 bits per heavy atom. The fourth-order valence-corrected chi connectivity index (χ4v) is 4.05. The van der Waals surface area contributed by atoms with Gasteiger partial charge in [0.2, 0.25) is 5.91 Å². The van der Waals surface area contributed by atoms with Crippen molar-refractivity contribution in [3.8, 4) is 0 Å². The quantitative estimate of drug-likeness (QED) is 0.863. The summed E-state index contributed by atoms with van der Waals surface area (Å²) in [5.41, 5.74) is 2.15. The van der Waals surface area contributed by atoms with Crippen molar-refractivity contribution >= 4 is 11.9 Å². The molecule has 6 nitrogen and oxygen atoms in total. The molecule has 3 rings (SSSR count). The van der Waals surface area contributed by atoms with Gasteiger partial charge < -0.3 is 19.9 Å². The Balaban J connectivity index is 1.45. The summed E-state index contributed by atoms with van der Waals surface area (Å²) in [5, 5.41) is 3.00. The molecule has 2 aliphatic rings. The Labute approximate surface area is 161 Å². The highest BCUT2D eigenvalue weighted by Gasteiger charge is 2.29. The van der Waals surface area contributed by atoms with Gasteiger partial charge in [-0.3, -0.25) is 4.79 Å². The summed E-state index contributed by atoms with van der Waals surface area (Å²) >= 11 is 0. The Morgan fingerprint density at radius 3 is 2.30 bits per heavy atom. The number of amides is 3. The van der Waals surface area contributed by atoms with Gasteiger partial charge in [0.15, 0.2) is 0 Å². The van der Waals surface area contributed by atoms with E-state index in [1.165, 1.54) is 19.3 Å². The van der Waals surface area contributed by atoms with E-state index in [0.29, 0.717) is 45.2 Å². The molecule has 1 heterocycles. The minimum atomic E-state index is -0.0630. The van der Waals surface area contributed by atoms with Crippen molar-refractivity contribution in [1.82, 2.24) is 15.1 Å². The Morgan fingerprint density at radius 2 is 1.63 bits per heavy atom. The van der Waals surface area contributed by atoms with E-state index in [1.807, 2.05) is 34.1 Å². The number of hydrogen-bond donors (Lipinski definition) is 1. The van der Waals surface area contributed by atoms with E-state index in [-0.39, 0.29) is 11.9 Å². The summed E-state index contributed by atoms with van der Waals surface area (Å²) in [6, 6.07) is 7.90. The number of rotatable bonds is 5. The second-order valence-corrected chi connectivity index (χ2v) is 7.51. The summed E-state index contributed by atoms with van der Waals surface area (Å²) in [6.07, 6.45) is 5.65. The number of nitrogens with zero attached hydrogens (tertiary/aromatic N) is 2. The SMILES string of the molecule is COCc1ccccc1CNC(=O)N1CCN(C(=O)C2CCCCC2)CC1. The lowest BCUT2D eigenvalue weighted by Gasteiger charge is -2.37. The van der Waals surface area contributed by atoms with Crippen LogP contribution in [0.15, 0.2) is 24.3 Å². The zero-order chi connectivity index (χ0) is 19.1. The first-order valence-electron chi connectivity index (χ1n) is 10.1. The lowest BCUT2D eigenvalue weighted by molar-refractivity contribution is -0.138. The monoisotopic (exact) mass is 373 g/mol. The molecule has 27 heavy (non-hydrogen) atoms. The first kappa shape index (κ1) is 19.7. The van der Waals surface area contributed by atoms with Crippen molar-refractivity contribution < 1.29 is 14.3 Å². The van der Waals surface area contributed by atoms with Crippen LogP contribution in [-0.4, -0.2) is 55.0 Å². The number of ether oxygens (including phenoxy) is 1. The molecule has 1 aromatic rings. The van der Waals surface area contributed by atoms with Gasteiger partial charge in [-0.25, -0.2) is 4.79 Å². The third-order valence-corrected chi connectivity index (χ3v) is 5.68. The van der Waals surface area contributed by atoms with E-state index in [1.54, 1.807) is 7.11 Å². The van der Waals surface area contributed by atoms with Crippen LogP contribution in [0.25, 0.3) is 0 Å². The standard InChI is InChI=1S/C21H31N3O3/c1-27-16-19-10-6-5-9-18(19)15-22-21(26)24-13-11-23(12-14-24)20(25)17-7-3-2-4-8-17/h5-6,9-10,17H,2-4,7-8,11-16H2,1H3,(H,22,26). The van der Waals surface area contributed by atoms with Crippen LogP contribution >= 0.6 is 0 Å². The van der Waals surface area contributed by atoms with Crippen LogP contribution in [0.2, 0.25) is 0 Å². The minimum Gasteiger partial charge on any atom is -0.380 e. The van der Waals surface area contributed by atoms with Crippen LogP contribution < -0.4 is 5.32 Å². The van der Waals surface area contributed by atoms with Gasteiger partial charge in [0.1, 0.15) is 0 Å². The predicted molar refractivity (Wildman–Crippen MR) is 104 cm³/mol. The van der Waals surface area contributed by atoms with E-state index in [9.17, 15) is 9.59 Å². The maximum atomic E-state index is 12.6. The van der Waals surface area contributed by atoms with Crippen LogP contribution in [0.5, 0.6) is 0 Å². The van der Waals surface area contributed by atoms with Gasteiger partial charge in [0.05, 0.1) is 6.61 Å². The summed E-state index contributed by atoms with van der Waals surface area (Å²) in [5.74, 6) is 0.500. The van der Waals surface area contributed by atoms with Gasteiger partial charge in [-0.05, 0) is 24.0 Å². The van der Waals surface area contributed by atoms with Gasteiger partial charge in [0.25, 0.3) is 0 Å². The van der Waals surface area contributed by atoms with Crippen LogP contribution in [0.1, 0.15) is 43.2 Å². The van der Waals surface area contributed by atoms with Gasteiger partial charge in [-0.15, -0.1) is 0 Å². The maximum absolute atomic E-state index is 12.6. The van der Waals surface area contributed by atoms with Crippen molar-refractivity contribution in [3.05, 3.63) is 35.4 Å². The fourth-order valence-electron chi connectivity index (χ4n) is 4.05. The zero-order valence-electron chi connectivity index (χ0n) is 16.3. The number of hydrogen-bond acceptors (Lipinski definition) is 3. The van der Waals surface area contributed by atoms with Crippen LogP contribution in [0, 0.1) is 5.92 Å². The molecule has 1 saturated carbocycles. The lowest BCUT2D eigenvalue weighted by atomic mass is 9.88. The van der Waals surface area contributed by atoms with Gasteiger partial charge >= 0.3 is 6.03 Å².